The quantitative estimate of drug-likeness (QED) is 0.139. The predicted octanol–water partition coefficient (Wildman–Crippen LogP) is 7.83. The van der Waals surface area contributed by atoms with Gasteiger partial charge in [0.2, 0.25) is 0 Å². The van der Waals surface area contributed by atoms with Crippen molar-refractivity contribution in [2.75, 3.05) is 32.7 Å². The maximum absolute atomic E-state index is 13.7. The zero-order chi connectivity index (χ0) is 33.5. The summed E-state index contributed by atoms with van der Waals surface area (Å²) in [6.07, 6.45) is 12.6. The molecule has 3 aromatic heterocycles. The van der Waals surface area contributed by atoms with E-state index in [-0.39, 0.29) is 5.91 Å². The molecule has 4 heterocycles. The van der Waals surface area contributed by atoms with E-state index in [9.17, 15) is 4.79 Å². The summed E-state index contributed by atoms with van der Waals surface area (Å²) in [6, 6.07) is 24.9. The van der Waals surface area contributed by atoms with E-state index in [2.05, 4.69) is 88.8 Å². The van der Waals surface area contributed by atoms with Crippen LogP contribution >= 0.6 is 0 Å². The van der Waals surface area contributed by atoms with Gasteiger partial charge in [0.15, 0.2) is 0 Å². The number of aromatic nitrogens is 4. The molecule has 2 aromatic carbocycles. The summed E-state index contributed by atoms with van der Waals surface area (Å²) in [6.45, 7) is 13.5. The van der Waals surface area contributed by atoms with Crippen molar-refractivity contribution in [2.24, 2.45) is 5.92 Å². The van der Waals surface area contributed by atoms with Crippen LogP contribution in [0.4, 0.5) is 0 Å². The van der Waals surface area contributed by atoms with E-state index in [4.69, 9.17) is 4.98 Å². The SMILES string of the molecule is Cc1ccc(C(=CCN2CCCC2)c2cccc(C=CCN(CC(C)C)C(=O)c3ccc(Cn4c(C)nc5cnccc54)cc3)n2)cc1. The Bertz CT molecular complexity index is 1900. The third-order valence-corrected chi connectivity index (χ3v) is 8.93. The number of pyridine rings is 2. The maximum Gasteiger partial charge on any atom is 0.254 e. The van der Waals surface area contributed by atoms with Gasteiger partial charge >= 0.3 is 0 Å². The van der Waals surface area contributed by atoms with Gasteiger partial charge in [-0.1, -0.05) is 74.0 Å². The van der Waals surface area contributed by atoms with Gasteiger partial charge in [0.1, 0.15) is 11.3 Å². The van der Waals surface area contributed by atoms with E-state index in [1.54, 1.807) is 12.4 Å². The summed E-state index contributed by atoms with van der Waals surface area (Å²) in [5, 5.41) is 0. The number of nitrogens with zero attached hydrogens (tertiary/aromatic N) is 6. The molecule has 0 unspecified atom stereocenters. The topological polar surface area (TPSA) is 67.2 Å². The normalized spacial score (nSPS) is 14.1. The van der Waals surface area contributed by atoms with Gasteiger partial charge in [0.05, 0.1) is 23.1 Å². The van der Waals surface area contributed by atoms with Crippen molar-refractivity contribution < 1.29 is 4.79 Å². The van der Waals surface area contributed by atoms with Gasteiger partial charge in [-0.15, -0.1) is 0 Å². The third-order valence-electron chi connectivity index (χ3n) is 8.93. The molecule has 6 rings (SSSR count). The Morgan fingerprint density at radius 1 is 0.917 bits per heavy atom. The minimum atomic E-state index is 0.0310. The average molecular weight is 639 g/mol. The summed E-state index contributed by atoms with van der Waals surface area (Å²) in [4.78, 5) is 32.0. The van der Waals surface area contributed by atoms with E-state index in [0.717, 1.165) is 59.0 Å². The molecule has 7 nitrogen and oxygen atoms in total. The zero-order valence-electron chi connectivity index (χ0n) is 28.6. The van der Waals surface area contributed by atoms with Crippen LogP contribution < -0.4 is 0 Å². The average Bonchev–Trinajstić information content (AvgIpc) is 3.73. The Morgan fingerprint density at radius 2 is 1.67 bits per heavy atom. The van der Waals surface area contributed by atoms with E-state index in [1.165, 1.54) is 24.0 Å². The molecule has 0 radical (unpaired) electrons. The van der Waals surface area contributed by atoms with E-state index in [0.29, 0.717) is 31.1 Å². The smallest absolute Gasteiger partial charge is 0.254 e. The lowest BCUT2D eigenvalue weighted by atomic mass is 10.00. The van der Waals surface area contributed by atoms with Crippen molar-refractivity contribution in [3.05, 3.63) is 137 Å². The summed E-state index contributed by atoms with van der Waals surface area (Å²) in [7, 11) is 0. The van der Waals surface area contributed by atoms with Crippen molar-refractivity contribution in [3.8, 4) is 0 Å². The molecule has 0 aliphatic carbocycles. The Labute approximate surface area is 284 Å². The Kier molecular flexibility index (Phi) is 10.6. The van der Waals surface area contributed by atoms with E-state index < -0.39 is 0 Å². The fraction of sp³-hybridized carbons (Fsp3) is 0.317. The number of carbonyl (C=O) groups is 1. The lowest BCUT2D eigenvalue weighted by molar-refractivity contribution is 0.0756. The van der Waals surface area contributed by atoms with Crippen molar-refractivity contribution in [3.63, 3.8) is 0 Å². The number of carbonyl (C=O) groups excluding carboxylic acids is 1. The molecule has 48 heavy (non-hydrogen) atoms. The first-order chi connectivity index (χ1) is 23.3. The van der Waals surface area contributed by atoms with Gasteiger partial charge in [-0.3, -0.25) is 14.7 Å². The van der Waals surface area contributed by atoms with Crippen LogP contribution in [0.15, 0.2) is 97.3 Å². The molecule has 0 bridgehead atoms. The van der Waals surface area contributed by atoms with Gasteiger partial charge in [-0.05, 0) is 93.2 Å². The largest absolute Gasteiger partial charge is 0.335 e. The van der Waals surface area contributed by atoms with Crippen molar-refractivity contribution in [2.45, 2.75) is 47.1 Å². The van der Waals surface area contributed by atoms with Gasteiger partial charge in [-0.25, -0.2) is 9.97 Å². The molecule has 7 heteroatoms. The minimum Gasteiger partial charge on any atom is -0.335 e. The number of hydrogen-bond donors (Lipinski definition) is 0. The third kappa shape index (κ3) is 8.15. The first-order valence-electron chi connectivity index (χ1n) is 17.1. The molecule has 1 aliphatic heterocycles. The number of benzene rings is 2. The first kappa shape index (κ1) is 33.0. The van der Waals surface area contributed by atoms with Crippen molar-refractivity contribution in [1.29, 1.82) is 0 Å². The first-order valence-corrected chi connectivity index (χ1v) is 17.1. The van der Waals surface area contributed by atoms with Crippen LogP contribution in [-0.2, 0) is 6.54 Å². The molecule has 1 saturated heterocycles. The molecule has 1 aliphatic rings. The summed E-state index contributed by atoms with van der Waals surface area (Å²) >= 11 is 0. The van der Waals surface area contributed by atoms with Crippen LogP contribution in [0.2, 0.25) is 0 Å². The molecular formula is C41H46N6O. The van der Waals surface area contributed by atoms with Crippen LogP contribution in [-0.4, -0.2) is 67.9 Å². The summed E-state index contributed by atoms with van der Waals surface area (Å²) in [5.41, 5.74) is 9.18. The molecule has 0 saturated carbocycles. The molecular weight excluding hydrogens is 592 g/mol. The van der Waals surface area contributed by atoms with E-state index >= 15 is 0 Å². The molecule has 1 fully saturated rings. The molecule has 1 amide bonds. The number of aryl methyl sites for hydroxylation is 2. The standard InChI is InChI=1S/C41H46N6O/c1-30(2)28-46(41(48)35-18-14-33(15-19-35)29-47-32(4)43-39-27-42-22-20-40(39)47)25-8-10-36-9-7-11-38(44-36)37(21-26-45-23-5-6-24-45)34-16-12-31(3)13-17-34/h7-22,27,30H,5-6,23-26,28-29H2,1-4H3. The van der Waals surface area contributed by atoms with Crippen LogP contribution in [0.25, 0.3) is 22.7 Å². The monoisotopic (exact) mass is 638 g/mol. The minimum absolute atomic E-state index is 0.0310. The van der Waals surface area contributed by atoms with Gasteiger partial charge in [-0.2, -0.15) is 0 Å². The highest BCUT2D eigenvalue weighted by Crippen LogP contribution is 2.24. The van der Waals surface area contributed by atoms with Crippen LogP contribution in [0.3, 0.4) is 0 Å². The fourth-order valence-electron chi connectivity index (χ4n) is 6.38. The van der Waals surface area contributed by atoms with E-state index in [1.807, 2.05) is 54.3 Å². The highest BCUT2D eigenvalue weighted by Gasteiger charge is 2.17. The summed E-state index contributed by atoms with van der Waals surface area (Å²) < 4.78 is 2.18. The van der Waals surface area contributed by atoms with Crippen molar-refractivity contribution in [1.82, 2.24) is 29.3 Å². The fourth-order valence-corrected chi connectivity index (χ4v) is 6.38. The van der Waals surface area contributed by atoms with Gasteiger partial charge < -0.3 is 9.47 Å². The predicted molar refractivity (Wildman–Crippen MR) is 196 cm³/mol. The number of rotatable bonds is 12. The molecule has 5 aromatic rings. The number of amides is 1. The number of likely N-dealkylation sites (tertiary alicyclic amines) is 1. The van der Waals surface area contributed by atoms with Gasteiger partial charge in [0, 0.05) is 43.5 Å². The number of imidazole rings is 1. The highest BCUT2D eigenvalue weighted by atomic mass is 16.2. The molecule has 0 spiro atoms. The Morgan fingerprint density at radius 3 is 2.42 bits per heavy atom. The second kappa shape index (κ2) is 15.3. The van der Waals surface area contributed by atoms with Crippen LogP contribution in [0.1, 0.15) is 70.9 Å². The zero-order valence-corrected chi connectivity index (χ0v) is 28.6. The Balaban J connectivity index is 1.16. The molecule has 246 valence electrons. The number of fused-ring (bicyclic) bond motifs is 1. The maximum atomic E-state index is 13.7. The number of hydrogen-bond acceptors (Lipinski definition) is 5. The van der Waals surface area contributed by atoms with Crippen LogP contribution in [0.5, 0.6) is 0 Å². The summed E-state index contributed by atoms with van der Waals surface area (Å²) in [5.74, 6) is 1.31. The molecule has 0 N–H and O–H groups in total. The highest BCUT2D eigenvalue weighted by molar-refractivity contribution is 5.94. The second-order valence-corrected chi connectivity index (χ2v) is 13.3. The molecule has 0 atom stereocenters. The van der Waals surface area contributed by atoms with Crippen LogP contribution in [0, 0.1) is 19.8 Å². The lowest BCUT2D eigenvalue weighted by Gasteiger charge is -2.23. The second-order valence-electron chi connectivity index (χ2n) is 13.3. The Hall–Kier alpha value is -4.88. The lowest BCUT2D eigenvalue weighted by Crippen LogP contribution is -2.34. The van der Waals surface area contributed by atoms with Gasteiger partial charge in [0.25, 0.3) is 5.91 Å². The van der Waals surface area contributed by atoms with Crippen molar-refractivity contribution >= 4 is 28.6 Å².